The molecule has 5 nitrogen and oxygen atoms in total. The topological polar surface area (TPSA) is 57.3 Å². The lowest BCUT2D eigenvalue weighted by Gasteiger charge is -2.21. The van der Waals surface area contributed by atoms with Gasteiger partial charge in [0.1, 0.15) is 5.69 Å². The lowest BCUT2D eigenvalue weighted by atomic mass is 10.2. The Balaban J connectivity index is 1.64. The fourth-order valence-electron chi connectivity index (χ4n) is 3.01. The van der Waals surface area contributed by atoms with E-state index in [0.717, 1.165) is 35.7 Å². The van der Waals surface area contributed by atoms with Crippen LogP contribution in [-0.2, 0) is 0 Å². The van der Waals surface area contributed by atoms with Gasteiger partial charge in [0.05, 0.1) is 11.9 Å². The van der Waals surface area contributed by atoms with E-state index in [1.807, 2.05) is 49.4 Å². The first-order valence-corrected chi connectivity index (χ1v) is 9.55. The molecule has 0 spiro atoms. The standard InChI is InChI=1S/C23H26N4O/c1-4-27(5-2)20-13-10-18(11-14-20)25-19-12-15-22(24-16-19)23(28)26-21-9-7-6-8-17(21)3/h6-16,25H,4-5H2,1-3H3,(H,26,28). The van der Waals surface area contributed by atoms with Crippen molar-refractivity contribution < 1.29 is 4.79 Å². The first-order valence-electron chi connectivity index (χ1n) is 9.55. The van der Waals surface area contributed by atoms with E-state index in [4.69, 9.17) is 0 Å². The monoisotopic (exact) mass is 374 g/mol. The molecule has 2 N–H and O–H groups in total. The van der Waals surface area contributed by atoms with Gasteiger partial charge < -0.3 is 15.5 Å². The second kappa shape index (κ2) is 9.04. The molecule has 0 radical (unpaired) electrons. The SMILES string of the molecule is CCN(CC)c1ccc(Nc2ccc(C(=O)Nc3ccccc3C)nc2)cc1. The number of benzene rings is 2. The predicted molar refractivity (Wildman–Crippen MR) is 117 cm³/mol. The van der Waals surface area contributed by atoms with Crippen LogP contribution in [0, 0.1) is 6.92 Å². The molecule has 3 aromatic rings. The molecule has 0 atom stereocenters. The van der Waals surface area contributed by atoms with Crippen molar-refractivity contribution in [2.24, 2.45) is 0 Å². The van der Waals surface area contributed by atoms with Crippen molar-refractivity contribution in [3.05, 3.63) is 78.1 Å². The van der Waals surface area contributed by atoms with Gasteiger partial charge in [-0.15, -0.1) is 0 Å². The lowest BCUT2D eigenvalue weighted by Crippen LogP contribution is -2.21. The van der Waals surface area contributed by atoms with Crippen molar-refractivity contribution in [1.82, 2.24) is 4.98 Å². The van der Waals surface area contributed by atoms with Crippen LogP contribution in [0.1, 0.15) is 29.9 Å². The summed E-state index contributed by atoms with van der Waals surface area (Å²) in [6.45, 7) is 8.23. The van der Waals surface area contributed by atoms with Gasteiger partial charge in [0.25, 0.3) is 5.91 Å². The number of hydrogen-bond donors (Lipinski definition) is 2. The molecule has 0 saturated carbocycles. The highest BCUT2D eigenvalue weighted by molar-refractivity contribution is 6.03. The Morgan fingerprint density at radius 1 is 0.929 bits per heavy atom. The van der Waals surface area contributed by atoms with Gasteiger partial charge in [0.15, 0.2) is 0 Å². The third-order valence-electron chi connectivity index (χ3n) is 4.67. The Morgan fingerprint density at radius 2 is 1.61 bits per heavy atom. The van der Waals surface area contributed by atoms with Crippen LogP contribution in [0.3, 0.4) is 0 Å². The Kier molecular flexibility index (Phi) is 6.27. The molecule has 0 unspecified atom stereocenters. The van der Waals surface area contributed by atoms with Crippen LogP contribution >= 0.6 is 0 Å². The molecular formula is C23H26N4O. The number of nitrogens with one attached hydrogen (secondary N) is 2. The van der Waals surface area contributed by atoms with E-state index in [9.17, 15) is 4.79 Å². The van der Waals surface area contributed by atoms with Gasteiger partial charge in [0.2, 0.25) is 0 Å². The minimum atomic E-state index is -0.218. The van der Waals surface area contributed by atoms with Crippen LogP contribution in [0.5, 0.6) is 0 Å². The number of aryl methyl sites for hydroxylation is 1. The molecule has 0 bridgehead atoms. The maximum atomic E-state index is 12.4. The van der Waals surface area contributed by atoms with E-state index in [0.29, 0.717) is 5.69 Å². The molecule has 0 aliphatic rings. The van der Waals surface area contributed by atoms with Crippen LogP contribution in [0.4, 0.5) is 22.7 Å². The average Bonchev–Trinajstić information content (AvgIpc) is 2.72. The van der Waals surface area contributed by atoms with Crippen LogP contribution in [-0.4, -0.2) is 24.0 Å². The molecule has 1 aromatic heterocycles. The van der Waals surface area contributed by atoms with Crippen molar-refractivity contribution in [3.8, 4) is 0 Å². The second-order valence-corrected chi connectivity index (χ2v) is 6.55. The van der Waals surface area contributed by atoms with E-state index >= 15 is 0 Å². The Morgan fingerprint density at radius 3 is 2.21 bits per heavy atom. The van der Waals surface area contributed by atoms with Crippen molar-refractivity contribution in [1.29, 1.82) is 0 Å². The zero-order valence-corrected chi connectivity index (χ0v) is 16.6. The third kappa shape index (κ3) is 4.68. The number of amides is 1. The summed E-state index contributed by atoms with van der Waals surface area (Å²) in [5, 5.41) is 6.22. The highest BCUT2D eigenvalue weighted by atomic mass is 16.1. The highest BCUT2D eigenvalue weighted by Crippen LogP contribution is 2.21. The molecule has 0 aliphatic heterocycles. The number of aromatic nitrogens is 1. The maximum absolute atomic E-state index is 12.4. The number of carbonyl (C=O) groups is 1. The summed E-state index contributed by atoms with van der Waals surface area (Å²) in [4.78, 5) is 19.0. The van der Waals surface area contributed by atoms with Crippen molar-refractivity contribution >= 4 is 28.7 Å². The fraction of sp³-hybridized carbons (Fsp3) is 0.217. The average molecular weight is 374 g/mol. The van der Waals surface area contributed by atoms with Crippen molar-refractivity contribution in [3.63, 3.8) is 0 Å². The van der Waals surface area contributed by atoms with E-state index in [1.165, 1.54) is 5.69 Å². The molecule has 0 saturated heterocycles. The zero-order valence-electron chi connectivity index (χ0n) is 16.6. The molecular weight excluding hydrogens is 348 g/mol. The molecule has 1 amide bonds. The minimum absolute atomic E-state index is 0.218. The second-order valence-electron chi connectivity index (χ2n) is 6.55. The van der Waals surface area contributed by atoms with Gasteiger partial charge in [-0.3, -0.25) is 4.79 Å². The highest BCUT2D eigenvalue weighted by Gasteiger charge is 2.09. The minimum Gasteiger partial charge on any atom is -0.372 e. The smallest absolute Gasteiger partial charge is 0.274 e. The summed E-state index contributed by atoms with van der Waals surface area (Å²) in [6.07, 6.45) is 1.67. The summed E-state index contributed by atoms with van der Waals surface area (Å²) in [5.41, 5.74) is 5.22. The number of hydrogen-bond acceptors (Lipinski definition) is 4. The van der Waals surface area contributed by atoms with Crippen LogP contribution in [0.2, 0.25) is 0 Å². The molecule has 28 heavy (non-hydrogen) atoms. The molecule has 0 fully saturated rings. The Hall–Kier alpha value is -3.34. The molecule has 144 valence electrons. The van der Waals surface area contributed by atoms with Crippen LogP contribution in [0.25, 0.3) is 0 Å². The predicted octanol–water partition coefficient (Wildman–Crippen LogP) is 5.23. The van der Waals surface area contributed by atoms with Gasteiger partial charge in [-0.25, -0.2) is 4.98 Å². The summed E-state index contributed by atoms with van der Waals surface area (Å²) in [7, 11) is 0. The molecule has 5 heteroatoms. The molecule has 1 heterocycles. The van der Waals surface area contributed by atoms with Gasteiger partial charge in [-0.2, -0.15) is 0 Å². The maximum Gasteiger partial charge on any atom is 0.274 e. The van der Waals surface area contributed by atoms with E-state index < -0.39 is 0 Å². The number of anilines is 4. The van der Waals surface area contributed by atoms with Gasteiger partial charge in [-0.1, -0.05) is 18.2 Å². The zero-order chi connectivity index (χ0) is 19.9. The van der Waals surface area contributed by atoms with E-state index in [2.05, 4.69) is 46.5 Å². The van der Waals surface area contributed by atoms with Gasteiger partial charge >= 0.3 is 0 Å². The van der Waals surface area contributed by atoms with Gasteiger partial charge in [0, 0.05) is 30.2 Å². The number of nitrogens with zero attached hydrogens (tertiary/aromatic N) is 2. The summed E-state index contributed by atoms with van der Waals surface area (Å²) >= 11 is 0. The van der Waals surface area contributed by atoms with E-state index in [1.54, 1.807) is 12.3 Å². The normalized spacial score (nSPS) is 10.4. The molecule has 0 aliphatic carbocycles. The Bertz CT molecular complexity index is 916. The summed E-state index contributed by atoms with van der Waals surface area (Å²) in [5.74, 6) is -0.218. The summed E-state index contributed by atoms with van der Waals surface area (Å²) < 4.78 is 0. The fourth-order valence-corrected chi connectivity index (χ4v) is 3.01. The van der Waals surface area contributed by atoms with Gasteiger partial charge in [-0.05, 0) is 68.8 Å². The summed E-state index contributed by atoms with van der Waals surface area (Å²) in [6, 6.07) is 19.6. The number of para-hydroxylation sites is 1. The molecule has 3 rings (SSSR count). The lowest BCUT2D eigenvalue weighted by molar-refractivity contribution is 0.102. The van der Waals surface area contributed by atoms with Crippen molar-refractivity contribution in [2.75, 3.05) is 28.6 Å². The van der Waals surface area contributed by atoms with E-state index in [-0.39, 0.29) is 5.91 Å². The number of rotatable bonds is 7. The number of carbonyl (C=O) groups excluding carboxylic acids is 1. The first kappa shape index (κ1) is 19.4. The quantitative estimate of drug-likeness (QED) is 0.594. The molecule has 2 aromatic carbocycles. The van der Waals surface area contributed by atoms with Crippen molar-refractivity contribution in [2.45, 2.75) is 20.8 Å². The number of pyridine rings is 1. The van der Waals surface area contributed by atoms with Crippen LogP contribution < -0.4 is 15.5 Å². The first-order chi connectivity index (χ1) is 13.6. The third-order valence-corrected chi connectivity index (χ3v) is 4.67. The Labute approximate surface area is 166 Å². The largest absolute Gasteiger partial charge is 0.372 e. The van der Waals surface area contributed by atoms with Crippen LogP contribution in [0.15, 0.2) is 66.9 Å².